The summed E-state index contributed by atoms with van der Waals surface area (Å²) in [6.45, 7) is 2.26. The lowest BCUT2D eigenvalue weighted by Gasteiger charge is -2.25. The molecule has 1 aromatic carbocycles. The van der Waals surface area contributed by atoms with Gasteiger partial charge in [-0.1, -0.05) is 12.1 Å². The molecule has 0 saturated carbocycles. The van der Waals surface area contributed by atoms with Gasteiger partial charge in [0.1, 0.15) is 11.5 Å². The van der Waals surface area contributed by atoms with E-state index in [9.17, 15) is 9.59 Å². The van der Waals surface area contributed by atoms with Crippen LogP contribution in [-0.4, -0.2) is 43.2 Å². The molecule has 1 heterocycles. The second-order valence-electron chi connectivity index (χ2n) is 4.75. The molecule has 0 bridgehead atoms. The summed E-state index contributed by atoms with van der Waals surface area (Å²) in [5.41, 5.74) is 0.637. The summed E-state index contributed by atoms with van der Waals surface area (Å²) in [5.74, 6) is 1.04. The van der Waals surface area contributed by atoms with Gasteiger partial charge in [0.15, 0.2) is 5.78 Å². The maximum absolute atomic E-state index is 12.2. The average Bonchev–Trinajstić information content (AvgIpc) is 2.46. The molecule has 0 N–H and O–H groups in total. The van der Waals surface area contributed by atoms with Gasteiger partial charge in [-0.3, -0.25) is 9.59 Å². The molecule has 2 rings (SSSR count). The molecule has 0 spiro atoms. The lowest BCUT2D eigenvalue weighted by molar-refractivity contribution is -0.121. The van der Waals surface area contributed by atoms with Crippen LogP contribution in [0.15, 0.2) is 24.3 Å². The number of nitrogens with zero attached hydrogens (tertiary/aromatic N) is 1. The van der Waals surface area contributed by atoms with Crippen molar-refractivity contribution in [2.24, 2.45) is 0 Å². The Morgan fingerprint density at radius 3 is 2.63 bits per heavy atom. The van der Waals surface area contributed by atoms with Crippen LogP contribution >= 0.6 is 0 Å². The van der Waals surface area contributed by atoms with Gasteiger partial charge in [0.25, 0.3) is 0 Å². The largest absolute Gasteiger partial charge is 0.496 e. The number of ether oxygens (including phenoxy) is 1. The summed E-state index contributed by atoms with van der Waals surface area (Å²) in [5, 5.41) is 0. The topological polar surface area (TPSA) is 46.6 Å². The number of methoxy groups -OCH3 is 1. The molecule has 0 unspecified atom stereocenters. The van der Waals surface area contributed by atoms with Gasteiger partial charge in [0, 0.05) is 38.9 Å². The number of carbonyl (C=O) groups excluding carboxylic acids is 2. The fourth-order valence-corrected chi connectivity index (χ4v) is 2.30. The second-order valence-corrected chi connectivity index (χ2v) is 4.75. The maximum Gasteiger partial charge on any atom is 0.167 e. The van der Waals surface area contributed by atoms with E-state index in [1.807, 2.05) is 12.1 Å². The molecule has 1 saturated heterocycles. The minimum absolute atomic E-state index is 0.0920. The van der Waals surface area contributed by atoms with E-state index < -0.39 is 0 Å². The Kier molecular flexibility index (Phi) is 4.68. The van der Waals surface area contributed by atoms with Crippen LogP contribution in [0.5, 0.6) is 5.75 Å². The van der Waals surface area contributed by atoms with Crippen molar-refractivity contribution in [1.82, 2.24) is 4.90 Å². The lowest BCUT2D eigenvalue weighted by Crippen LogP contribution is -2.35. The monoisotopic (exact) mass is 261 g/mol. The molecule has 1 aliphatic rings. The first kappa shape index (κ1) is 13.7. The maximum atomic E-state index is 12.2. The summed E-state index contributed by atoms with van der Waals surface area (Å²) in [6, 6.07) is 7.29. The summed E-state index contributed by atoms with van der Waals surface area (Å²) >= 11 is 0. The van der Waals surface area contributed by atoms with Gasteiger partial charge in [-0.15, -0.1) is 0 Å². The molecule has 4 nitrogen and oxygen atoms in total. The number of hydrogen-bond donors (Lipinski definition) is 0. The molecule has 19 heavy (non-hydrogen) atoms. The number of para-hydroxylation sites is 1. The van der Waals surface area contributed by atoms with Crippen LogP contribution in [-0.2, 0) is 4.79 Å². The molecular weight excluding hydrogens is 242 g/mol. The van der Waals surface area contributed by atoms with Crippen LogP contribution in [0.25, 0.3) is 0 Å². The van der Waals surface area contributed by atoms with Crippen LogP contribution < -0.4 is 4.74 Å². The minimum atomic E-state index is 0.0920. The molecule has 0 aromatic heterocycles. The number of carbonyl (C=O) groups is 2. The smallest absolute Gasteiger partial charge is 0.167 e. The molecule has 1 aliphatic heterocycles. The first-order chi connectivity index (χ1) is 9.20. The molecular formula is C15H19NO3. The number of benzene rings is 1. The third-order valence-electron chi connectivity index (χ3n) is 3.48. The highest BCUT2D eigenvalue weighted by molar-refractivity contribution is 5.98. The number of Topliss-reactive ketones (excluding diaryl/α,β-unsaturated/α-hetero) is 2. The highest BCUT2D eigenvalue weighted by Gasteiger charge is 2.18. The standard InChI is InChI=1S/C15H19NO3/c1-19-15-5-3-2-4-13(15)14(18)8-11-16-9-6-12(17)7-10-16/h2-5H,6-11H2,1H3. The van der Waals surface area contributed by atoms with E-state index in [2.05, 4.69) is 4.90 Å². The zero-order valence-electron chi connectivity index (χ0n) is 11.2. The first-order valence-corrected chi connectivity index (χ1v) is 6.61. The Bertz CT molecular complexity index is 460. The van der Waals surface area contributed by atoms with E-state index in [0.29, 0.717) is 42.9 Å². The summed E-state index contributed by atoms with van der Waals surface area (Å²) in [7, 11) is 1.57. The van der Waals surface area contributed by atoms with E-state index in [1.165, 1.54) is 0 Å². The van der Waals surface area contributed by atoms with Crippen molar-refractivity contribution in [3.05, 3.63) is 29.8 Å². The van der Waals surface area contributed by atoms with Gasteiger partial charge in [-0.2, -0.15) is 0 Å². The number of piperidine rings is 1. The fraction of sp³-hybridized carbons (Fsp3) is 0.467. The van der Waals surface area contributed by atoms with Crippen LogP contribution in [0.3, 0.4) is 0 Å². The predicted molar refractivity (Wildman–Crippen MR) is 72.6 cm³/mol. The molecule has 0 aliphatic carbocycles. The predicted octanol–water partition coefficient (Wildman–Crippen LogP) is 1.93. The normalized spacial score (nSPS) is 16.4. The first-order valence-electron chi connectivity index (χ1n) is 6.61. The summed E-state index contributed by atoms with van der Waals surface area (Å²) in [6.07, 6.45) is 1.69. The van der Waals surface area contributed by atoms with Crippen LogP contribution in [0.4, 0.5) is 0 Å². The van der Waals surface area contributed by atoms with E-state index in [1.54, 1.807) is 19.2 Å². The fourth-order valence-electron chi connectivity index (χ4n) is 2.30. The second kappa shape index (κ2) is 6.48. The Hall–Kier alpha value is -1.68. The summed E-state index contributed by atoms with van der Waals surface area (Å²) < 4.78 is 5.19. The van der Waals surface area contributed by atoms with E-state index in [4.69, 9.17) is 4.74 Å². The third-order valence-corrected chi connectivity index (χ3v) is 3.48. The van der Waals surface area contributed by atoms with Gasteiger partial charge in [0.05, 0.1) is 12.7 Å². The van der Waals surface area contributed by atoms with Crippen molar-refractivity contribution in [1.29, 1.82) is 0 Å². The zero-order valence-corrected chi connectivity index (χ0v) is 11.2. The van der Waals surface area contributed by atoms with Crippen molar-refractivity contribution in [3.63, 3.8) is 0 Å². The number of rotatable bonds is 5. The Balaban J connectivity index is 1.89. The molecule has 0 amide bonds. The van der Waals surface area contributed by atoms with Crippen molar-refractivity contribution < 1.29 is 14.3 Å². The molecule has 102 valence electrons. The van der Waals surface area contributed by atoms with Crippen LogP contribution in [0, 0.1) is 0 Å². The molecule has 1 fully saturated rings. The zero-order chi connectivity index (χ0) is 13.7. The van der Waals surface area contributed by atoms with Crippen LogP contribution in [0.2, 0.25) is 0 Å². The number of ketones is 2. The molecule has 0 atom stereocenters. The highest BCUT2D eigenvalue weighted by Crippen LogP contribution is 2.19. The Morgan fingerprint density at radius 1 is 1.26 bits per heavy atom. The van der Waals surface area contributed by atoms with Crippen molar-refractivity contribution >= 4 is 11.6 Å². The van der Waals surface area contributed by atoms with Gasteiger partial charge in [0.2, 0.25) is 0 Å². The van der Waals surface area contributed by atoms with Crippen molar-refractivity contribution in [2.75, 3.05) is 26.7 Å². The van der Waals surface area contributed by atoms with Gasteiger partial charge in [-0.25, -0.2) is 0 Å². The minimum Gasteiger partial charge on any atom is -0.496 e. The SMILES string of the molecule is COc1ccccc1C(=O)CCN1CCC(=O)CC1. The molecule has 0 radical (unpaired) electrons. The van der Waals surface area contributed by atoms with Crippen molar-refractivity contribution in [2.45, 2.75) is 19.3 Å². The Labute approximate surface area is 113 Å². The van der Waals surface area contributed by atoms with Crippen molar-refractivity contribution in [3.8, 4) is 5.75 Å². The summed E-state index contributed by atoms with van der Waals surface area (Å²) in [4.78, 5) is 25.5. The molecule has 4 heteroatoms. The Morgan fingerprint density at radius 2 is 1.95 bits per heavy atom. The number of hydrogen-bond acceptors (Lipinski definition) is 4. The highest BCUT2D eigenvalue weighted by atomic mass is 16.5. The van der Waals surface area contributed by atoms with Gasteiger partial charge < -0.3 is 9.64 Å². The average molecular weight is 261 g/mol. The lowest BCUT2D eigenvalue weighted by atomic mass is 10.1. The van der Waals surface area contributed by atoms with E-state index in [0.717, 1.165) is 13.1 Å². The van der Waals surface area contributed by atoms with E-state index in [-0.39, 0.29) is 5.78 Å². The quantitative estimate of drug-likeness (QED) is 0.760. The number of likely N-dealkylation sites (tertiary alicyclic amines) is 1. The molecule has 1 aromatic rings. The van der Waals surface area contributed by atoms with Gasteiger partial charge in [-0.05, 0) is 12.1 Å². The van der Waals surface area contributed by atoms with Gasteiger partial charge >= 0.3 is 0 Å². The third kappa shape index (κ3) is 3.64. The van der Waals surface area contributed by atoms with E-state index >= 15 is 0 Å². The van der Waals surface area contributed by atoms with Crippen LogP contribution in [0.1, 0.15) is 29.6 Å².